The molecular weight excluding hydrogens is 376 g/mol. The Labute approximate surface area is 155 Å². The van der Waals surface area contributed by atoms with Crippen molar-refractivity contribution in [2.24, 2.45) is 11.8 Å². The van der Waals surface area contributed by atoms with Gasteiger partial charge in [0.15, 0.2) is 0 Å². The van der Waals surface area contributed by atoms with E-state index in [2.05, 4.69) is 8.37 Å². The topological polar surface area (TPSA) is 86.7 Å². The first-order chi connectivity index (χ1) is 12.3. The predicted molar refractivity (Wildman–Crippen MR) is 98.4 cm³/mol. The smallest absolute Gasteiger partial charge is 0.331 e. The lowest BCUT2D eigenvalue weighted by Crippen LogP contribution is -2.06. The third kappa shape index (κ3) is 5.23. The van der Waals surface area contributed by atoms with E-state index in [1.54, 1.807) is 12.2 Å². The molecule has 0 unspecified atom stereocenters. The zero-order chi connectivity index (χ0) is 18.6. The highest BCUT2D eigenvalue weighted by Gasteiger charge is 2.23. The minimum absolute atomic E-state index is 0.426. The summed E-state index contributed by atoms with van der Waals surface area (Å²) >= 11 is 0. The maximum atomic E-state index is 11.1. The molecule has 0 amide bonds. The van der Waals surface area contributed by atoms with E-state index in [0.717, 1.165) is 36.8 Å². The van der Waals surface area contributed by atoms with Crippen molar-refractivity contribution in [1.29, 1.82) is 0 Å². The average molecular weight is 401 g/mol. The summed E-state index contributed by atoms with van der Waals surface area (Å²) in [4.78, 5) is 0. The second kappa shape index (κ2) is 8.00. The molecule has 0 bridgehead atoms. The maximum Gasteiger partial charge on any atom is 0.331 e. The van der Waals surface area contributed by atoms with Crippen molar-refractivity contribution in [2.75, 3.05) is 0 Å². The number of allylic oxidation sites excluding steroid dienone is 4. The molecular formula is C18H24O6S2. The molecule has 6 nitrogen and oxygen atoms in total. The van der Waals surface area contributed by atoms with Gasteiger partial charge in [0.2, 0.25) is 0 Å². The van der Waals surface area contributed by atoms with E-state index in [1.165, 1.54) is 49.0 Å². The predicted octanol–water partition coefficient (Wildman–Crippen LogP) is 3.87. The Morgan fingerprint density at radius 3 is 1.31 bits per heavy atom. The first-order valence-corrected chi connectivity index (χ1v) is 11.9. The summed E-state index contributed by atoms with van der Waals surface area (Å²) in [5.74, 6) is 0.852. The Bertz CT molecular complexity index is 762. The SMILES string of the molecule is O=S1(=O)C=C(C2CCCC2)C=CO1.O=S1(=O)C=C(C2CCCC2)C=CO1. The molecule has 0 aromatic heterocycles. The second-order valence-corrected chi connectivity index (χ2v) is 9.81. The summed E-state index contributed by atoms with van der Waals surface area (Å²) in [6.07, 6.45) is 15.3. The van der Waals surface area contributed by atoms with Crippen LogP contribution in [-0.2, 0) is 28.6 Å². The highest BCUT2D eigenvalue weighted by Crippen LogP contribution is 2.34. The van der Waals surface area contributed by atoms with Gasteiger partial charge in [-0.1, -0.05) is 25.7 Å². The highest BCUT2D eigenvalue weighted by atomic mass is 32.2. The summed E-state index contributed by atoms with van der Waals surface area (Å²) in [7, 11) is -6.84. The first-order valence-electron chi connectivity index (χ1n) is 8.97. The van der Waals surface area contributed by atoms with Gasteiger partial charge >= 0.3 is 20.2 Å². The molecule has 2 aliphatic carbocycles. The van der Waals surface area contributed by atoms with E-state index in [-0.39, 0.29) is 0 Å². The molecule has 0 N–H and O–H groups in total. The van der Waals surface area contributed by atoms with Crippen LogP contribution < -0.4 is 0 Å². The van der Waals surface area contributed by atoms with Crippen LogP contribution in [0.4, 0.5) is 0 Å². The van der Waals surface area contributed by atoms with Crippen molar-refractivity contribution in [3.05, 3.63) is 46.6 Å². The van der Waals surface area contributed by atoms with E-state index >= 15 is 0 Å². The Morgan fingerprint density at radius 2 is 1.00 bits per heavy atom. The van der Waals surface area contributed by atoms with Gasteiger partial charge in [-0.2, -0.15) is 16.8 Å². The molecule has 0 saturated heterocycles. The Morgan fingerprint density at radius 1 is 0.654 bits per heavy atom. The minimum Gasteiger partial charge on any atom is -0.387 e. The van der Waals surface area contributed by atoms with E-state index in [1.807, 2.05) is 0 Å². The lowest BCUT2D eigenvalue weighted by molar-refractivity contribution is 0.446. The van der Waals surface area contributed by atoms with Gasteiger partial charge in [-0.25, -0.2) is 0 Å². The third-order valence-electron chi connectivity index (χ3n) is 5.11. The third-order valence-corrected chi connectivity index (χ3v) is 6.99. The van der Waals surface area contributed by atoms with Crippen LogP contribution in [0.1, 0.15) is 51.4 Å². The maximum absolute atomic E-state index is 11.1. The van der Waals surface area contributed by atoms with E-state index in [4.69, 9.17) is 0 Å². The highest BCUT2D eigenvalue weighted by molar-refractivity contribution is 7.90. The summed E-state index contributed by atoms with van der Waals surface area (Å²) in [6.45, 7) is 0. The summed E-state index contributed by atoms with van der Waals surface area (Å²) in [5.41, 5.74) is 1.81. The molecule has 26 heavy (non-hydrogen) atoms. The number of hydrogen-bond acceptors (Lipinski definition) is 6. The molecule has 0 spiro atoms. The van der Waals surface area contributed by atoms with Crippen molar-refractivity contribution in [3.8, 4) is 0 Å². The average Bonchev–Trinajstić information content (AvgIpc) is 3.28. The summed E-state index contributed by atoms with van der Waals surface area (Å²) in [5, 5.41) is 2.51. The van der Waals surface area contributed by atoms with Crippen LogP contribution in [-0.4, -0.2) is 16.8 Å². The Hall–Kier alpha value is -1.54. The fourth-order valence-electron chi connectivity index (χ4n) is 3.82. The molecule has 2 aliphatic heterocycles. The largest absolute Gasteiger partial charge is 0.387 e. The van der Waals surface area contributed by atoms with Gasteiger partial charge in [-0.3, -0.25) is 0 Å². The zero-order valence-corrected chi connectivity index (χ0v) is 16.2. The normalized spacial score (nSPS) is 26.9. The van der Waals surface area contributed by atoms with Gasteiger partial charge in [-0.05, 0) is 60.8 Å². The van der Waals surface area contributed by atoms with Gasteiger partial charge in [0.1, 0.15) is 12.5 Å². The molecule has 144 valence electrons. The van der Waals surface area contributed by atoms with Crippen LogP contribution in [0.5, 0.6) is 0 Å². The van der Waals surface area contributed by atoms with Gasteiger partial charge in [-0.15, -0.1) is 0 Å². The molecule has 4 rings (SSSR count). The quantitative estimate of drug-likeness (QED) is 0.654. The molecule has 0 atom stereocenters. The molecule has 8 heteroatoms. The fraction of sp³-hybridized carbons (Fsp3) is 0.556. The lowest BCUT2D eigenvalue weighted by atomic mass is 9.99. The van der Waals surface area contributed by atoms with E-state index < -0.39 is 20.2 Å². The molecule has 0 aromatic carbocycles. The molecule has 2 heterocycles. The van der Waals surface area contributed by atoms with Crippen LogP contribution in [0, 0.1) is 11.8 Å². The van der Waals surface area contributed by atoms with Crippen LogP contribution in [0.2, 0.25) is 0 Å². The first kappa shape index (κ1) is 19.2. The molecule has 0 aromatic rings. The van der Waals surface area contributed by atoms with Gasteiger partial charge in [0.05, 0.1) is 10.8 Å². The minimum atomic E-state index is -3.42. The van der Waals surface area contributed by atoms with E-state index in [9.17, 15) is 16.8 Å². The zero-order valence-electron chi connectivity index (χ0n) is 14.5. The van der Waals surface area contributed by atoms with Gasteiger partial charge < -0.3 is 8.37 Å². The van der Waals surface area contributed by atoms with Crippen molar-refractivity contribution < 1.29 is 25.2 Å². The monoisotopic (exact) mass is 400 g/mol. The van der Waals surface area contributed by atoms with Gasteiger partial charge in [0, 0.05) is 0 Å². The van der Waals surface area contributed by atoms with Crippen molar-refractivity contribution in [3.63, 3.8) is 0 Å². The Kier molecular flexibility index (Phi) is 5.92. The molecule has 0 radical (unpaired) electrons. The standard InChI is InChI=1S/2C9H12O3S/c2*10-13(11)7-9(5-6-12-13)8-3-1-2-4-8/h2*5-8H,1-4H2. The van der Waals surface area contributed by atoms with Crippen LogP contribution >= 0.6 is 0 Å². The van der Waals surface area contributed by atoms with Crippen molar-refractivity contribution in [1.82, 2.24) is 0 Å². The number of rotatable bonds is 2. The van der Waals surface area contributed by atoms with Gasteiger partial charge in [0.25, 0.3) is 0 Å². The van der Waals surface area contributed by atoms with Crippen molar-refractivity contribution in [2.45, 2.75) is 51.4 Å². The van der Waals surface area contributed by atoms with Crippen LogP contribution in [0.25, 0.3) is 0 Å². The molecule has 4 aliphatic rings. The van der Waals surface area contributed by atoms with Crippen LogP contribution in [0.3, 0.4) is 0 Å². The summed E-state index contributed by atoms with van der Waals surface area (Å²) < 4.78 is 53.2. The number of hydrogen-bond donors (Lipinski definition) is 0. The fourth-order valence-corrected chi connectivity index (χ4v) is 5.56. The summed E-state index contributed by atoms with van der Waals surface area (Å²) in [6, 6.07) is 0. The van der Waals surface area contributed by atoms with Crippen molar-refractivity contribution >= 4 is 20.2 Å². The lowest BCUT2D eigenvalue weighted by Gasteiger charge is -2.13. The molecule has 2 fully saturated rings. The van der Waals surface area contributed by atoms with Crippen LogP contribution in [0.15, 0.2) is 46.6 Å². The second-order valence-electron chi connectivity index (χ2n) is 6.98. The Balaban J connectivity index is 0.000000151. The van der Waals surface area contributed by atoms with E-state index in [0.29, 0.717) is 11.8 Å². The molecule has 2 saturated carbocycles.